The number of thiophene rings is 1. The first-order valence-corrected chi connectivity index (χ1v) is 10.4. The van der Waals surface area contributed by atoms with Crippen LogP contribution in [0.15, 0.2) is 42.2 Å². The number of amides is 1. The summed E-state index contributed by atoms with van der Waals surface area (Å²) in [5, 5.41) is 8.66. The summed E-state index contributed by atoms with van der Waals surface area (Å²) in [5.41, 5.74) is 1.62. The molecule has 144 valence electrons. The smallest absolute Gasteiger partial charge is 0.255 e. The molecule has 2 unspecified atom stereocenters. The van der Waals surface area contributed by atoms with Crippen molar-refractivity contribution in [2.45, 2.75) is 50.4 Å². The molecule has 7 heteroatoms. The van der Waals surface area contributed by atoms with E-state index in [4.69, 9.17) is 0 Å². The third kappa shape index (κ3) is 2.76. The fraction of sp³-hybridized carbons (Fsp3) is 0.381. The molecule has 2 atom stereocenters. The number of halogens is 1. The number of carbonyl (C=O) groups excluding carboxylic acids is 1. The van der Waals surface area contributed by atoms with Gasteiger partial charge in [0.25, 0.3) is 5.91 Å². The summed E-state index contributed by atoms with van der Waals surface area (Å²) in [6.07, 6.45) is 7.58. The summed E-state index contributed by atoms with van der Waals surface area (Å²) in [6, 6.07) is 5.51. The van der Waals surface area contributed by atoms with Crippen molar-refractivity contribution >= 4 is 17.2 Å². The van der Waals surface area contributed by atoms with Gasteiger partial charge in [-0.1, -0.05) is 6.07 Å². The van der Waals surface area contributed by atoms with E-state index in [0.29, 0.717) is 24.1 Å². The van der Waals surface area contributed by atoms with Crippen molar-refractivity contribution in [2.75, 3.05) is 0 Å². The largest absolute Gasteiger partial charge is 0.332 e. The number of alkyl halides is 1. The normalized spacial score (nSPS) is 26.6. The second kappa shape index (κ2) is 6.51. The molecule has 0 aromatic carbocycles. The lowest BCUT2D eigenvalue weighted by Gasteiger charge is -2.42. The molecule has 5 rings (SSSR count). The molecule has 0 spiro atoms. The molecule has 3 aromatic heterocycles. The van der Waals surface area contributed by atoms with Crippen molar-refractivity contribution in [3.8, 4) is 10.4 Å². The minimum atomic E-state index is -1.45. The predicted octanol–water partition coefficient (Wildman–Crippen LogP) is 4.47. The summed E-state index contributed by atoms with van der Waals surface area (Å²) < 4.78 is 15.9. The van der Waals surface area contributed by atoms with E-state index in [0.717, 1.165) is 28.8 Å². The number of hydrogen-bond donors (Lipinski definition) is 1. The van der Waals surface area contributed by atoms with Crippen LogP contribution in [-0.2, 0) is 5.67 Å². The average Bonchev–Trinajstić information content (AvgIpc) is 3.41. The summed E-state index contributed by atoms with van der Waals surface area (Å²) in [4.78, 5) is 20.5. The molecule has 2 saturated heterocycles. The van der Waals surface area contributed by atoms with E-state index in [1.165, 1.54) is 11.3 Å². The van der Waals surface area contributed by atoms with Crippen molar-refractivity contribution in [3.05, 3.63) is 59.0 Å². The number of aryl methyl sites for hydroxylation is 1. The van der Waals surface area contributed by atoms with Crippen LogP contribution < -0.4 is 0 Å². The predicted molar refractivity (Wildman–Crippen MR) is 106 cm³/mol. The summed E-state index contributed by atoms with van der Waals surface area (Å²) in [7, 11) is 0. The molecule has 2 aliphatic rings. The third-order valence-electron chi connectivity index (χ3n) is 6.04. The van der Waals surface area contributed by atoms with Crippen LogP contribution in [0.3, 0.4) is 0 Å². The van der Waals surface area contributed by atoms with Gasteiger partial charge >= 0.3 is 0 Å². The minimum absolute atomic E-state index is 0.0123. The van der Waals surface area contributed by atoms with Crippen LogP contribution in [0.5, 0.6) is 0 Å². The van der Waals surface area contributed by atoms with Gasteiger partial charge in [-0.15, -0.1) is 11.3 Å². The van der Waals surface area contributed by atoms with Crippen LogP contribution in [0.25, 0.3) is 10.4 Å². The number of H-pyrrole nitrogens is 1. The van der Waals surface area contributed by atoms with Crippen LogP contribution in [-0.4, -0.2) is 38.1 Å². The molecule has 0 radical (unpaired) electrons. The molecular formula is C21H21FN4OS. The lowest BCUT2D eigenvalue weighted by atomic mass is 9.83. The Labute approximate surface area is 166 Å². The second-order valence-corrected chi connectivity index (χ2v) is 8.74. The van der Waals surface area contributed by atoms with Gasteiger partial charge in [-0.05, 0) is 37.5 Å². The standard InChI is InChI=1S/C21H21FN4OS/c1-13-3-2-6-23-19(13)21(22)8-16-4-5-17(9-21)26(16)20(27)14-7-18(28-12-14)15-10-24-25-11-15/h2-3,6-7,10-12,16-17H,4-5,8-9H2,1H3,(H,24,25). The van der Waals surface area contributed by atoms with E-state index >= 15 is 4.39 Å². The molecule has 2 aliphatic heterocycles. The SMILES string of the molecule is Cc1cccnc1C1(F)CC2CCC(C1)N2C(=O)c1csc(-c2cn[nH]c2)c1. The van der Waals surface area contributed by atoms with E-state index in [1.807, 2.05) is 41.6 Å². The van der Waals surface area contributed by atoms with Gasteiger partial charge in [0.05, 0.1) is 17.5 Å². The van der Waals surface area contributed by atoms with Crippen LogP contribution in [0.2, 0.25) is 0 Å². The zero-order valence-corrected chi connectivity index (χ0v) is 16.4. The number of nitrogens with one attached hydrogen (secondary N) is 1. The lowest BCUT2D eigenvalue weighted by molar-refractivity contribution is 0.00805. The van der Waals surface area contributed by atoms with E-state index in [1.54, 1.807) is 12.4 Å². The number of piperidine rings is 1. The van der Waals surface area contributed by atoms with Crippen LogP contribution >= 0.6 is 11.3 Å². The molecule has 28 heavy (non-hydrogen) atoms. The molecule has 0 saturated carbocycles. The van der Waals surface area contributed by atoms with Crippen LogP contribution in [0.4, 0.5) is 4.39 Å². The van der Waals surface area contributed by atoms with Gasteiger partial charge < -0.3 is 4.90 Å². The van der Waals surface area contributed by atoms with Gasteiger partial charge in [-0.2, -0.15) is 5.10 Å². The van der Waals surface area contributed by atoms with Gasteiger partial charge in [-0.3, -0.25) is 14.9 Å². The Kier molecular flexibility index (Phi) is 4.08. The van der Waals surface area contributed by atoms with Crippen molar-refractivity contribution < 1.29 is 9.18 Å². The van der Waals surface area contributed by atoms with Crippen LogP contribution in [0, 0.1) is 6.92 Å². The number of aromatic nitrogens is 3. The van der Waals surface area contributed by atoms with Gasteiger partial charge in [-0.25, -0.2) is 4.39 Å². The van der Waals surface area contributed by atoms with Gasteiger partial charge in [0.15, 0.2) is 5.67 Å². The Hall–Kier alpha value is -2.54. The highest BCUT2D eigenvalue weighted by atomic mass is 32.1. The molecule has 1 amide bonds. The first kappa shape index (κ1) is 17.6. The fourth-order valence-electron chi connectivity index (χ4n) is 4.81. The maximum atomic E-state index is 15.9. The highest BCUT2D eigenvalue weighted by molar-refractivity contribution is 7.13. The number of rotatable bonds is 3. The quantitative estimate of drug-likeness (QED) is 0.710. The van der Waals surface area contributed by atoms with Crippen molar-refractivity contribution in [2.24, 2.45) is 0 Å². The maximum Gasteiger partial charge on any atom is 0.255 e. The zero-order valence-electron chi connectivity index (χ0n) is 15.6. The van der Waals surface area contributed by atoms with Gasteiger partial charge in [0, 0.05) is 53.1 Å². The molecule has 3 aromatic rings. The summed E-state index contributed by atoms with van der Waals surface area (Å²) >= 11 is 1.53. The Morgan fingerprint density at radius 3 is 2.82 bits per heavy atom. The van der Waals surface area contributed by atoms with E-state index in [9.17, 15) is 4.79 Å². The molecule has 0 aliphatic carbocycles. The Balaban J connectivity index is 1.40. The lowest BCUT2D eigenvalue weighted by Crippen LogP contribution is -2.50. The zero-order chi connectivity index (χ0) is 19.3. The van der Waals surface area contributed by atoms with Gasteiger partial charge in [0.1, 0.15) is 0 Å². The third-order valence-corrected chi connectivity index (χ3v) is 7.02. The highest BCUT2D eigenvalue weighted by Gasteiger charge is 2.52. The van der Waals surface area contributed by atoms with E-state index in [-0.39, 0.29) is 18.0 Å². The van der Waals surface area contributed by atoms with Crippen LogP contribution in [0.1, 0.15) is 47.3 Å². The fourth-order valence-corrected chi connectivity index (χ4v) is 5.67. The van der Waals surface area contributed by atoms with E-state index in [2.05, 4.69) is 15.2 Å². The topological polar surface area (TPSA) is 61.9 Å². The minimum Gasteiger partial charge on any atom is -0.332 e. The maximum absolute atomic E-state index is 15.9. The molecule has 5 nitrogen and oxygen atoms in total. The molecule has 2 fully saturated rings. The first-order chi connectivity index (χ1) is 13.5. The number of fused-ring (bicyclic) bond motifs is 2. The monoisotopic (exact) mass is 396 g/mol. The number of nitrogens with zero attached hydrogens (tertiary/aromatic N) is 3. The van der Waals surface area contributed by atoms with Crippen molar-refractivity contribution in [1.82, 2.24) is 20.1 Å². The Morgan fingerprint density at radius 2 is 2.14 bits per heavy atom. The Bertz CT molecular complexity index is 1000. The van der Waals surface area contributed by atoms with Gasteiger partial charge in [0.2, 0.25) is 0 Å². The first-order valence-electron chi connectivity index (χ1n) is 9.56. The second-order valence-electron chi connectivity index (χ2n) is 7.83. The molecule has 1 N–H and O–H groups in total. The number of aromatic amines is 1. The Morgan fingerprint density at radius 1 is 1.36 bits per heavy atom. The number of pyridine rings is 1. The molecule has 5 heterocycles. The number of hydrogen-bond acceptors (Lipinski definition) is 4. The molecular weight excluding hydrogens is 375 g/mol. The summed E-state index contributed by atoms with van der Waals surface area (Å²) in [5.74, 6) is 0.0123. The number of carbonyl (C=O) groups is 1. The van der Waals surface area contributed by atoms with E-state index < -0.39 is 5.67 Å². The average molecular weight is 396 g/mol. The van der Waals surface area contributed by atoms with Crippen molar-refractivity contribution in [1.29, 1.82) is 0 Å². The summed E-state index contributed by atoms with van der Waals surface area (Å²) in [6.45, 7) is 1.91. The molecule has 2 bridgehead atoms. The highest BCUT2D eigenvalue weighted by Crippen LogP contribution is 2.48. The van der Waals surface area contributed by atoms with Crippen molar-refractivity contribution in [3.63, 3.8) is 0 Å².